The molecular formula is C13H16N2O3. The Labute approximate surface area is 105 Å². The first-order valence-corrected chi connectivity index (χ1v) is 6.47. The van der Waals surface area contributed by atoms with Crippen molar-refractivity contribution in [3.05, 3.63) is 23.9 Å². The molecule has 1 N–H and O–H groups in total. The Morgan fingerprint density at radius 2 is 2.11 bits per heavy atom. The highest BCUT2D eigenvalue weighted by Gasteiger charge is 2.35. The third kappa shape index (κ3) is 1.94. The molecule has 2 aliphatic rings. The van der Waals surface area contributed by atoms with Crippen molar-refractivity contribution in [2.45, 2.75) is 43.9 Å². The van der Waals surface area contributed by atoms with Crippen LogP contribution in [0, 0.1) is 5.92 Å². The van der Waals surface area contributed by atoms with Crippen LogP contribution in [0.4, 0.5) is 0 Å². The fourth-order valence-electron chi connectivity index (χ4n) is 2.59. The molecule has 18 heavy (non-hydrogen) atoms. The number of carboxylic acid groups (broad SMARTS) is 1. The van der Waals surface area contributed by atoms with Crippen LogP contribution in [0.25, 0.3) is 0 Å². The number of rotatable bonds is 3. The summed E-state index contributed by atoms with van der Waals surface area (Å²) < 4.78 is 5.28. The molecule has 0 aromatic carbocycles. The van der Waals surface area contributed by atoms with E-state index in [4.69, 9.17) is 4.52 Å². The molecule has 0 aliphatic heterocycles. The number of hydrogen-bond donors (Lipinski definition) is 1. The van der Waals surface area contributed by atoms with Gasteiger partial charge < -0.3 is 9.63 Å². The van der Waals surface area contributed by atoms with Gasteiger partial charge in [-0.25, -0.2) is 0 Å². The molecule has 2 atom stereocenters. The van der Waals surface area contributed by atoms with E-state index in [-0.39, 0.29) is 5.92 Å². The molecule has 0 unspecified atom stereocenters. The number of aromatic nitrogens is 2. The maximum absolute atomic E-state index is 11.2. The fraction of sp³-hybridized carbons (Fsp3) is 0.615. The minimum absolute atomic E-state index is 0.172. The minimum Gasteiger partial charge on any atom is -0.481 e. The summed E-state index contributed by atoms with van der Waals surface area (Å²) in [5.41, 5.74) is 0. The van der Waals surface area contributed by atoms with E-state index in [0.717, 1.165) is 18.7 Å². The Hall–Kier alpha value is -1.65. The van der Waals surface area contributed by atoms with Gasteiger partial charge in [0, 0.05) is 5.92 Å². The maximum Gasteiger partial charge on any atom is 0.307 e. The maximum atomic E-state index is 11.2. The van der Waals surface area contributed by atoms with Crippen molar-refractivity contribution < 1.29 is 14.4 Å². The summed E-state index contributed by atoms with van der Waals surface area (Å²) >= 11 is 0. The molecule has 1 saturated carbocycles. The summed E-state index contributed by atoms with van der Waals surface area (Å²) in [5, 5.41) is 13.2. The quantitative estimate of drug-likeness (QED) is 0.831. The Morgan fingerprint density at radius 3 is 2.78 bits per heavy atom. The molecule has 0 spiro atoms. The van der Waals surface area contributed by atoms with Gasteiger partial charge in [0.05, 0.1) is 11.8 Å². The third-order valence-corrected chi connectivity index (χ3v) is 3.99. The van der Waals surface area contributed by atoms with Crippen LogP contribution in [0.5, 0.6) is 0 Å². The third-order valence-electron chi connectivity index (χ3n) is 3.99. The van der Waals surface area contributed by atoms with Crippen molar-refractivity contribution in [2.24, 2.45) is 5.92 Å². The first kappa shape index (κ1) is 11.4. The van der Waals surface area contributed by atoms with Crippen molar-refractivity contribution >= 4 is 5.97 Å². The van der Waals surface area contributed by atoms with Crippen LogP contribution in [0.3, 0.4) is 0 Å². The molecule has 96 valence electrons. The van der Waals surface area contributed by atoms with Crippen LogP contribution >= 0.6 is 0 Å². The highest BCUT2D eigenvalue weighted by atomic mass is 16.5. The first-order chi connectivity index (χ1) is 8.75. The van der Waals surface area contributed by atoms with E-state index in [1.807, 2.05) is 12.2 Å². The van der Waals surface area contributed by atoms with E-state index in [2.05, 4.69) is 10.1 Å². The van der Waals surface area contributed by atoms with Crippen LogP contribution in [0.1, 0.15) is 55.7 Å². The normalized spacial score (nSPS) is 28.0. The van der Waals surface area contributed by atoms with Gasteiger partial charge in [0.2, 0.25) is 5.89 Å². The lowest BCUT2D eigenvalue weighted by atomic mass is 9.82. The van der Waals surface area contributed by atoms with Crippen LogP contribution in [-0.2, 0) is 4.79 Å². The number of allylic oxidation sites excluding steroid dienone is 2. The van der Waals surface area contributed by atoms with E-state index in [1.54, 1.807) is 0 Å². The lowest BCUT2D eigenvalue weighted by Crippen LogP contribution is -2.23. The number of nitrogens with zero attached hydrogens (tertiary/aromatic N) is 2. The van der Waals surface area contributed by atoms with Crippen molar-refractivity contribution in [2.75, 3.05) is 0 Å². The lowest BCUT2D eigenvalue weighted by molar-refractivity contribution is -0.142. The van der Waals surface area contributed by atoms with Crippen molar-refractivity contribution in [1.82, 2.24) is 10.1 Å². The average Bonchev–Trinajstić information content (AvgIpc) is 2.76. The van der Waals surface area contributed by atoms with E-state index >= 15 is 0 Å². The minimum atomic E-state index is -0.784. The van der Waals surface area contributed by atoms with Crippen LogP contribution in [0.15, 0.2) is 16.7 Å². The molecule has 5 heteroatoms. The molecule has 0 bridgehead atoms. The summed E-state index contributed by atoms with van der Waals surface area (Å²) in [6.45, 7) is 0. The van der Waals surface area contributed by atoms with Gasteiger partial charge in [0.1, 0.15) is 0 Å². The number of carboxylic acids is 1. The zero-order valence-corrected chi connectivity index (χ0v) is 10.1. The van der Waals surface area contributed by atoms with Gasteiger partial charge in [-0.3, -0.25) is 4.79 Å². The van der Waals surface area contributed by atoms with Gasteiger partial charge in [-0.15, -0.1) is 0 Å². The highest BCUT2D eigenvalue weighted by molar-refractivity contribution is 5.71. The summed E-state index contributed by atoms with van der Waals surface area (Å²) in [4.78, 5) is 15.6. The molecule has 0 saturated heterocycles. The largest absolute Gasteiger partial charge is 0.481 e. The summed E-state index contributed by atoms with van der Waals surface area (Å²) in [5.74, 6) is 0.278. The molecule has 0 amide bonds. The molecule has 0 radical (unpaired) electrons. The molecule has 3 rings (SSSR count). The molecule has 5 nitrogen and oxygen atoms in total. The van der Waals surface area contributed by atoms with Gasteiger partial charge in [-0.1, -0.05) is 23.7 Å². The van der Waals surface area contributed by atoms with E-state index < -0.39 is 11.9 Å². The Morgan fingerprint density at radius 1 is 1.33 bits per heavy atom. The van der Waals surface area contributed by atoms with Crippen LogP contribution in [-0.4, -0.2) is 21.2 Å². The summed E-state index contributed by atoms with van der Waals surface area (Å²) in [6.07, 6.45) is 8.58. The zero-order valence-electron chi connectivity index (χ0n) is 10.1. The van der Waals surface area contributed by atoms with Crippen molar-refractivity contribution in [3.63, 3.8) is 0 Å². The number of aliphatic carboxylic acids is 1. The van der Waals surface area contributed by atoms with E-state index in [9.17, 15) is 9.90 Å². The second kappa shape index (κ2) is 4.55. The number of hydrogen-bond acceptors (Lipinski definition) is 4. The summed E-state index contributed by atoms with van der Waals surface area (Å²) in [7, 11) is 0. The van der Waals surface area contributed by atoms with Crippen LogP contribution < -0.4 is 0 Å². The SMILES string of the molecule is O=C(O)[C@H]1CC=CC[C@H]1c1nc(C2CCC2)no1. The van der Waals surface area contributed by atoms with E-state index in [0.29, 0.717) is 24.7 Å². The van der Waals surface area contributed by atoms with Gasteiger partial charge in [0.15, 0.2) is 5.82 Å². The predicted octanol–water partition coefficient (Wildman–Crippen LogP) is 2.47. The highest BCUT2D eigenvalue weighted by Crippen LogP contribution is 2.38. The Balaban J connectivity index is 1.81. The Kier molecular flexibility index (Phi) is 2.89. The van der Waals surface area contributed by atoms with Crippen molar-refractivity contribution in [3.8, 4) is 0 Å². The topological polar surface area (TPSA) is 76.2 Å². The molecule has 1 heterocycles. The predicted molar refractivity (Wildman–Crippen MR) is 63.1 cm³/mol. The lowest BCUT2D eigenvalue weighted by Gasteiger charge is -2.22. The second-order valence-corrected chi connectivity index (χ2v) is 5.11. The number of carbonyl (C=O) groups is 1. The van der Waals surface area contributed by atoms with Gasteiger partial charge in [-0.05, 0) is 25.7 Å². The smallest absolute Gasteiger partial charge is 0.307 e. The zero-order chi connectivity index (χ0) is 12.5. The average molecular weight is 248 g/mol. The standard InChI is InChI=1S/C13H16N2O3/c16-13(17)10-7-2-1-6-9(10)12-14-11(15-18-12)8-4-3-5-8/h1-2,8-10H,3-7H2,(H,16,17)/t9-,10+/m1/s1. The first-order valence-electron chi connectivity index (χ1n) is 6.47. The van der Waals surface area contributed by atoms with Crippen LogP contribution in [0.2, 0.25) is 0 Å². The van der Waals surface area contributed by atoms with Gasteiger partial charge in [0.25, 0.3) is 0 Å². The molecular weight excluding hydrogens is 232 g/mol. The second-order valence-electron chi connectivity index (χ2n) is 5.11. The molecule has 1 aromatic heterocycles. The van der Waals surface area contributed by atoms with E-state index in [1.165, 1.54) is 6.42 Å². The Bertz CT molecular complexity index is 476. The van der Waals surface area contributed by atoms with Crippen molar-refractivity contribution in [1.29, 1.82) is 0 Å². The monoisotopic (exact) mass is 248 g/mol. The van der Waals surface area contributed by atoms with Gasteiger partial charge >= 0.3 is 5.97 Å². The summed E-state index contributed by atoms with van der Waals surface area (Å²) in [6, 6.07) is 0. The van der Waals surface area contributed by atoms with Gasteiger partial charge in [-0.2, -0.15) is 4.98 Å². The molecule has 1 aromatic rings. The molecule has 2 aliphatic carbocycles. The molecule has 1 fully saturated rings. The fourth-order valence-corrected chi connectivity index (χ4v) is 2.59.